The minimum absolute atomic E-state index is 0.329. The average molecular weight is 162 g/mol. The van der Waals surface area contributed by atoms with Crippen LogP contribution in [0, 0.1) is 0 Å². The van der Waals surface area contributed by atoms with Gasteiger partial charge in [0.05, 0.1) is 6.20 Å². The predicted octanol–water partition coefficient (Wildman–Crippen LogP) is 0.176. The molecule has 2 aromatic heterocycles. The molecule has 0 aliphatic carbocycles. The maximum absolute atomic E-state index is 10.3. The zero-order valence-corrected chi connectivity index (χ0v) is 6.43. The number of nitrogens with zero attached hydrogens (tertiary/aromatic N) is 4. The van der Waals surface area contributed by atoms with Crippen LogP contribution in [0.5, 0.6) is 0 Å². The Kier molecular flexibility index (Phi) is 1.36. The van der Waals surface area contributed by atoms with Gasteiger partial charge in [0.2, 0.25) is 0 Å². The van der Waals surface area contributed by atoms with Crippen LogP contribution >= 0.6 is 0 Å². The van der Waals surface area contributed by atoms with Crippen molar-refractivity contribution in [1.82, 2.24) is 20.0 Å². The van der Waals surface area contributed by atoms with Crippen LogP contribution in [0.15, 0.2) is 12.3 Å². The Bertz CT molecular complexity index is 434. The van der Waals surface area contributed by atoms with Gasteiger partial charge in [0, 0.05) is 12.4 Å². The number of hydrogen-bond donors (Lipinski definition) is 0. The Morgan fingerprint density at radius 1 is 1.50 bits per heavy atom. The lowest BCUT2D eigenvalue weighted by molar-refractivity contribution is 0.111. The minimum Gasteiger partial charge on any atom is -0.296 e. The SMILES string of the molecule is Cn1ncc2cc(C=O)nnc21. The molecule has 0 aliphatic rings. The first-order chi connectivity index (χ1) is 5.81. The maximum atomic E-state index is 10.3. The van der Waals surface area contributed by atoms with Crippen molar-refractivity contribution in [3.63, 3.8) is 0 Å². The number of carbonyl (C=O) groups excluding carboxylic acids is 1. The van der Waals surface area contributed by atoms with Crippen LogP contribution in [0.4, 0.5) is 0 Å². The number of fused-ring (bicyclic) bond motifs is 1. The fourth-order valence-electron chi connectivity index (χ4n) is 1.02. The number of aromatic nitrogens is 4. The summed E-state index contributed by atoms with van der Waals surface area (Å²) in [5.41, 5.74) is 1.01. The van der Waals surface area contributed by atoms with Gasteiger partial charge in [0.15, 0.2) is 11.9 Å². The highest BCUT2D eigenvalue weighted by Crippen LogP contribution is 2.07. The largest absolute Gasteiger partial charge is 0.296 e. The molecule has 2 aromatic rings. The van der Waals surface area contributed by atoms with Crippen molar-refractivity contribution in [3.05, 3.63) is 18.0 Å². The Hall–Kier alpha value is -1.78. The van der Waals surface area contributed by atoms with E-state index in [1.165, 1.54) is 0 Å². The van der Waals surface area contributed by atoms with E-state index >= 15 is 0 Å². The van der Waals surface area contributed by atoms with E-state index in [9.17, 15) is 4.79 Å². The molecule has 60 valence electrons. The summed E-state index contributed by atoms with van der Waals surface area (Å²) >= 11 is 0. The van der Waals surface area contributed by atoms with E-state index in [-0.39, 0.29) is 0 Å². The number of carbonyl (C=O) groups is 1. The Morgan fingerprint density at radius 3 is 3.08 bits per heavy atom. The molecule has 2 heterocycles. The molecule has 0 spiro atoms. The van der Waals surface area contributed by atoms with Crippen LogP contribution in [0.3, 0.4) is 0 Å². The zero-order valence-electron chi connectivity index (χ0n) is 6.43. The Balaban J connectivity index is 2.77. The number of rotatable bonds is 1. The van der Waals surface area contributed by atoms with Crippen molar-refractivity contribution in [3.8, 4) is 0 Å². The molecule has 0 bridgehead atoms. The number of aryl methyl sites for hydroxylation is 1. The van der Waals surface area contributed by atoms with Crippen LogP contribution in [0.25, 0.3) is 11.0 Å². The lowest BCUT2D eigenvalue weighted by Crippen LogP contribution is -1.95. The fourth-order valence-corrected chi connectivity index (χ4v) is 1.02. The van der Waals surface area contributed by atoms with Gasteiger partial charge < -0.3 is 0 Å². The van der Waals surface area contributed by atoms with E-state index < -0.39 is 0 Å². The third-order valence-electron chi connectivity index (χ3n) is 1.62. The van der Waals surface area contributed by atoms with Crippen molar-refractivity contribution in [2.45, 2.75) is 0 Å². The predicted molar refractivity (Wildman–Crippen MR) is 41.7 cm³/mol. The summed E-state index contributed by atoms with van der Waals surface area (Å²) in [5.74, 6) is 0. The summed E-state index contributed by atoms with van der Waals surface area (Å²) in [6, 6.07) is 1.66. The fraction of sp³-hybridized carbons (Fsp3) is 0.143. The average Bonchev–Trinajstić information content (AvgIpc) is 2.47. The molecule has 0 radical (unpaired) electrons. The van der Waals surface area contributed by atoms with Crippen molar-refractivity contribution in [1.29, 1.82) is 0 Å². The highest BCUT2D eigenvalue weighted by atomic mass is 16.1. The smallest absolute Gasteiger partial charge is 0.180 e. The molecular weight excluding hydrogens is 156 g/mol. The standard InChI is InChI=1S/C7H6N4O/c1-11-7-5(3-8-11)2-6(4-12)9-10-7/h2-4H,1H3. The first-order valence-electron chi connectivity index (χ1n) is 3.42. The van der Waals surface area contributed by atoms with Crippen molar-refractivity contribution in [2.75, 3.05) is 0 Å². The molecule has 0 N–H and O–H groups in total. The molecular formula is C7H6N4O. The highest BCUT2D eigenvalue weighted by Gasteiger charge is 2.01. The van der Waals surface area contributed by atoms with Gasteiger partial charge in [-0.3, -0.25) is 4.79 Å². The number of aldehydes is 1. The summed E-state index contributed by atoms with van der Waals surface area (Å²) < 4.78 is 1.61. The Morgan fingerprint density at radius 2 is 2.33 bits per heavy atom. The minimum atomic E-state index is 0.329. The molecule has 0 fully saturated rings. The monoisotopic (exact) mass is 162 g/mol. The van der Waals surface area contributed by atoms with Crippen LogP contribution in [-0.2, 0) is 7.05 Å². The molecule has 12 heavy (non-hydrogen) atoms. The van der Waals surface area contributed by atoms with Gasteiger partial charge in [-0.25, -0.2) is 4.68 Å². The van der Waals surface area contributed by atoms with Gasteiger partial charge in [-0.15, -0.1) is 10.2 Å². The van der Waals surface area contributed by atoms with Crippen LogP contribution in [0.1, 0.15) is 10.5 Å². The summed E-state index contributed by atoms with van der Waals surface area (Å²) in [7, 11) is 1.78. The van der Waals surface area contributed by atoms with E-state index in [0.717, 1.165) is 5.39 Å². The van der Waals surface area contributed by atoms with Gasteiger partial charge in [-0.05, 0) is 6.07 Å². The van der Waals surface area contributed by atoms with Crippen molar-refractivity contribution < 1.29 is 4.79 Å². The molecule has 0 amide bonds. The van der Waals surface area contributed by atoms with Gasteiger partial charge >= 0.3 is 0 Å². The zero-order chi connectivity index (χ0) is 8.55. The molecule has 0 saturated carbocycles. The lowest BCUT2D eigenvalue weighted by atomic mass is 10.3. The third-order valence-corrected chi connectivity index (χ3v) is 1.62. The first kappa shape index (κ1) is 6.90. The van der Waals surface area contributed by atoms with Gasteiger partial charge in [0.1, 0.15) is 5.69 Å². The molecule has 5 heteroatoms. The normalized spacial score (nSPS) is 10.4. The molecule has 5 nitrogen and oxygen atoms in total. The topological polar surface area (TPSA) is 60.7 Å². The summed E-state index contributed by atoms with van der Waals surface area (Å²) in [5, 5.41) is 12.3. The molecule has 0 unspecified atom stereocenters. The quantitative estimate of drug-likeness (QED) is 0.561. The van der Waals surface area contributed by atoms with E-state index in [2.05, 4.69) is 15.3 Å². The lowest BCUT2D eigenvalue weighted by Gasteiger charge is -1.91. The molecule has 0 atom stereocenters. The van der Waals surface area contributed by atoms with E-state index in [1.807, 2.05) is 0 Å². The number of hydrogen-bond acceptors (Lipinski definition) is 4. The third kappa shape index (κ3) is 0.868. The molecule has 0 aromatic carbocycles. The van der Waals surface area contributed by atoms with Crippen LogP contribution < -0.4 is 0 Å². The second-order valence-corrected chi connectivity index (χ2v) is 2.43. The molecule has 0 saturated heterocycles. The second-order valence-electron chi connectivity index (χ2n) is 2.43. The summed E-state index contributed by atoms with van der Waals surface area (Å²) in [4.78, 5) is 10.3. The molecule has 0 aliphatic heterocycles. The highest BCUT2D eigenvalue weighted by molar-refractivity contribution is 5.81. The van der Waals surface area contributed by atoms with E-state index in [1.54, 1.807) is 24.0 Å². The maximum Gasteiger partial charge on any atom is 0.180 e. The van der Waals surface area contributed by atoms with Gasteiger partial charge in [-0.2, -0.15) is 5.10 Å². The van der Waals surface area contributed by atoms with E-state index in [0.29, 0.717) is 17.6 Å². The Labute approximate surface area is 68.0 Å². The van der Waals surface area contributed by atoms with Crippen LogP contribution in [0.2, 0.25) is 0 Å². The van der Waals surface area contributed by atoms with Gasteiger partial charge in [-0.1, -0.05) is 0 Å². The van der Waals surface area contributed by atoms with Crippen molar-refractivity contribution >= 4 is 17.3 Å². The summed E-state index contributed by atoms with van der Waals surface area (Å²) in [6.45, 7) is 0. The van der Waals surface area contributed by atoms with Crippen molar-refractivity contribution in [2.24, 2.45) is 7.05 Å². The first-order valence-corrected chi connectivity index (χ1v) is 3.42. The second kappa shape index (κ2) is 2.37. The van der Waals surface area contributed by atoms with E-state index in [4.69, 9.17) is 0 Å². The van der Waals surface area contributed by atoms with Gasteiger partial charge in [0.25, 0.3) is 0 Å². The summed E-state index contributed by atoms with van der Waals surface area (Å²) in [6.07, 6.45) is 2.32. The van der Waals surface area contributed by atoms with Crippen LogP contribution in [-0.4, -0.2) is 26.3 Å². The molecule has 2 rings (SSSR count).